The van der Waals surface area contributed by atoms with Gasteiger partial charge in [0.15, 0.2) is 6.26 Å². The fourth-order valence-corrected chi connectivity index (χ4v) is 3.56. The summed E-state index contributed by atoms with van der Waals surface area (Å²) < 4.78 is 41.3. The first-order valence-electron chi connectivity index (χ1n) is 10.3. The highest BCUT2D eigenvalue weighted by molar-refractivity contribution is 5.78. The molecule has 0 N–H and O–H groups in total. The fourth-order valence-electron chi connectivity index (χ4n) is 3.56. The summed E-state index contributed by atoms with van der Waals surface area (Å²) in [5.74, 6) is 1.88. The molecule has 0 heterocycles. The van der Waals surface area contributed by atoms with Crippen LogP contribution in [0.25, 0.3) is 33.4 Å². The molecule has 0 fully saturated rings. The van der Waals surface area contributed by atoms with Gasteiger partial charge in [-0.3, -0.25) is 0 Å². The fraction of sp³-hybridized carbons (Fsp3) is 0.0714. The van der Waals surface area contributed by atoms with Gasteiger partial charge in [0.2, 0.25) is 0 Å². The molecule has 4 rings (SSSR count). The minimum atomic E-state index is -1.90. The first-order valence-corrected chi connectivity index (χ1v) is 10.3. The number of methoxy groups -OCH3 is 2. The minimum Gasteiger partial charge on any atom is -0.497 e. The van der Waals surface area contributed by atoms with Gasteiger partial charge in [-0.25, -0.2) is 0 Å². The smallest absolute Gasteiger partial charge is 0.305 e. The van der Waals surface area contributed by atoms with E-state index in [9.17, 15) is 8.78 Å². The van der Waals surface area contributed by atoms with E-state index in [-0.39, 0.29) is 0 Å². The minimum absolute atomic E-state index is 0.341. The van der Waals surface area contributed by atoms with Crippen LogP contribution in [0.15, 0.2) is 103 Å². The maximum absolute atomic E-state index is 12.8. The molecule has 0 amide bonds. The summed E-state index contributed by atoms with van der Waals surface area (Å²) in [5, 5.41) is 0. The summed E-state index contributed by atoms with van der Waals surface area (Å²) in [6.45, 7) is 0. The molecule has 5 heteroatoms. The van der Waals surface area contributed by atoms with Gasteiger partial charge in [0.05, 0.1) is 14.2 Å². The van der Waals surface area contributed by atoms with Crippen molar-refractivity contribution in [3.8, 4) is 50.6 Å². The Morgan fingerprint density at radius 2 is 1.00 bits per heavy atom. The van der Waals surface area contributed by atoms with E-state index in [1.165, 1.54) is 0 Å². The Morgan fingerprint density at radius 3 is 1.48 bits per heavy atom. The molecule has 0 saturated heterocycles. The maximum atomic E-state index is 12.8. The molecule has 4 aromatic rings. The standard InChI is InChI=1S/C28H22F2O3/c1-31-24-12-7-20(8-13-24)19-3-5-22(6-4-19)26-16-11-23(17-27(26)33-18-28(29)30)21-9-14-25(32-2)15-10-21/h3-18H,1-2H3. The molecule has 0 atom stereocenters. The normalized spacial score (nSPS) is 10.4. The molecule has 0 unspecified atom stereocenters. The molecule has 166 valence electrons. The van der Waals surface area contributed by atoms with E-state index in [2.05, 4.69) is 0 Å². The van der Waals surface area contributed by atoms with Crippen LogP contribution in [0.5, 0.6) is 17.2 Å². The van der Waals surface area contributed by atoms with Crippen LogP contribution < -0.4 is 14.2 Å². The van der Waals surface area contributed by atoms with Crippen LogP contribution in [0.1, 0.15) is 0 Å². The number of halogens is 2. The van der Waals surface area contributed by atoms with Crippen LogP contribution in [0.3, 0.4) is 0 Å². The lowest BCUT2D eigenvalue weighted by Crippen LogP contribution is -1.90. The van der Waals surface area contributed by atoms with Crippen LogP contribution in [0, 0.1) is 0 Å². The van der Waals surface area contributed by atoms with Crippen molar-refractivity contribution in [1.29, 1.82) is 0 Å². The van der Waals surface area contributed by atoms with Crippen molar-refractivity contribution in [2.75, 3.05) is 14.2 Å². The lowest BCUT2D eigenvalue weighted by Gasteiger charge is -2.12. The average Bonchev–Trinajstić information content (AvgIpc) is 2.87. The number of hydrogen-bond donors (Lipinski definition) is 0. The summed E-state index contributed by atoms with van der Waals surface area (Å²) >= 11 is 0. The number of ether oxygens (including phenoxy) is 3. The molecular formula is C28H22F2O3. The SMILES string of the molecule is COc1ccc(-c2ccc(-c3ccc(-c4ccc(OC)cc4)cc3OC=C(F)F)cc2)cc1. The molecule has 0 saturated carbocycles. The second-order valence-electron chi connectivity index (χ2n) is 7.27. The Labute approximate surface area is 191 Å². The second-order valence-corrected chi connectivity index (χ2v) is 7.27. The van der Waals surface area contributed by atoms with Crippen LogP contribution in [0.4, 0.5) is 8.78 Å². The number of hydrogen-bond acceptors (Lipinski definition) is 3. The summed E-state index contributed by atoms with van der Waals surface area (Å²) in [7, 11) is 3.24. The molecule has 0 aliphatic heterocycles. The quantitative estimate of drug-likeness (QED) is 0.272. The van der Waals surface area contributed by atoms with Gasteiger partial charge in [0.25, 0.3) is 0 Å². The number of rotatable bonds is 7. The van der Waals surface area contributed by atoms with E-state index in [4.69, 9.17) is 14.2 Å². The zero-order valence-electron chi connectivity index (χ0n) is 18.2. The molecule has 0 spiro atoms. The van der Waals surface area contributed by atoms with E-state index in [1.54, 1.807) is 20.3 Å². The molecule has 3 nitrogen and oxygen atoms in total. The zero-order valence-corrected chi connectivity index (χ0v) is 18.2. The topological polar surface area (TPSA) is 27.7 Å². The third-order valence-electron chi connectivity index (χ3n) is 5.30. The Balaban J connectivity index is 1.68. The first-order chi connectivity index (χ1) is 16.1. The maximum Gasteiger partial charge on any atom is 0.305 e. The molecular weight excluding hydrogens is 422 g/mol. The van der Waals surface area contributed by atoms with Crippen molar-refractivity contribution in [2.45, 2.75) is 0 Å². The van der Waals surface area contributed by atoms with Crippen molar-refractivity contribution < 1.29 is 23.0 Å². The van der Waals surface area contributed by atoms with Gasteiger partial charge in [-0.2, -0.15) is 8.78 Å². The van der Waals surface area contributed by atoms with E-state index in [0.29, 0.717) is 17.6 Å². The monoisotopic (exact) mass is 444 g/mol. The third-order valence-corrected chi connectivity index (χ3v) is 5.30. The Kier molecular flexibility index (Phi) is 6.69. The van der Waals surface area contributed by atoms with E-state index in [1.807, 2.05) is 84.9 Å². The van der Waals surface area contributed by atoms with Crippen molar-refractivity contribution in [3.05, 3.63) is 103 Å². The summed E-state index contributed by atoms with van der Waals surface area (Å²) in [5.41, 5.74) is 5.43. The predicted octanol–water partition coefficient (Wildman–Crippen LogP) is 7.82. The van der Waals surface area contributed by atoms with Crippen LogP contribution in [-0.2, 0) is 0 Å². The molecule has 4 aromatic carbocycles. The van der Waals surface area contributed by atoms with Crippen molar-refractivity contribution >= 4 is 0 Å². The molecule has 0 aliphatic carbocycles. The summed E-state index contributed by atoms with van der Waals surface area (Å²) in [6.07, 6.45) is -1.44. The second kappa shape index (κ2) is 10.0. The van der Waals surface area contributed by atoms with Gasteiger partial charge in [-0.15, -0.1) is 0 Å². The van der Waals surface area contributed by atoms with Crippen LogP contribution in [0.2, 0.25) is 0 Å². The van der Waals surface area contributed by atoms with Crippen LogP contribution >= 0.6 is 0 Å². The van der Waals surface area contributed by atoms with Gasteiger partial charge < -0.3 is 14.2 Å². The van der Waals surface area contributed by atoms with Gasteiger partial charge in [0.1, 0.15) is 17.2 Å². The summed E-state index contributed by atoms with van der Waals surface area (Å²) in [6, 6.07) is 28.8. The highest BCUT2D eigenvalue weighted by Crippen LogP contribution is 2.36. The third kappa shape index (κ3) is 5.21. The first kappa shape index (κ1) is 22.1. The summed E-state index contributed by atoms with van der Waals surface area (Å²) in [4.78, 5) is 0. The van der Waals surface area contributed by atoms with Gasteiger partial charge >= 0.3 is 6.08 Å². The van der Waals surface area contributed by atoms with Crippen LogP contribution in [-0.4, -0.2) is 14.2 Å². The highest BCUT2D eigenvalue weighted by Gasteiger charge is 2.10. The molecule has 0 aromatic heterocycles. The Hall–Kier alpha value is -4.12. The van der Waals surface area contributed by atoms with E-state index < -0.39 is 6.08 Å². The van der Waals surface area contributed by atoms with Crippen molar-refractivity contribution in [1.82, 2.24) is 0 Å². The van der Waals surface area contributed by atoms with E-state index >= 15 is 0 Å². The predicted molar refractivity (Wildman–Crippen MR) is 127 cm³/mol. The lowest BCUT2D eigenvalue weighted by atomic mass is 9.97. The highest BCUT2D eigenvalue weighted by atomic mass is 19.3. The largest absolute Gasteiger partial charge is 0.497 e. The molecule has 33 heavy (non-hydrogen) atoms. The molecule has 0 radical (unpaired) electrons. The average molecular weight is 444 g/mol. The lowest BCUT2D eigenvalue weighted by molar-refractivity contribution is 0.365. The Morgan fingerprint density at radius 1 is 0.576 bits per heavy atom. The van der Waals surface area contributed by atoms with E-state index in [0.717, 1.165) is 39.3 Å². The number of benzene rings is 4. The zero-order chi connectivity index (χ0) is 23.2. The van der Waals surface area contributed by atoms with Crippen molar-refractivity contribution in [2.24, 2.45) is 0 Å². The van der Waals surface area contributed by atoms with Gasteiger partial charge in [-0.05, 0) is 58.1 Å². The molecule has 0 aliphatic rings. The Bertz CT molecular complexity index is 1240. The molecule has 0 bridgehead atoms. The van der Waals surface area contributed by atoms with Gasteiger partial charge in [0, 0.05) is 5.56 Å². The van der Waals surface area contributed by atoms with Crippen molar-refractivity contribution in [3.63, 3.8) is 0 Å². The van der Waals surface area contributed by atoms with Gasteiger partial charge in [-0.1, -0.05) is 60.7 Å².